The number of amides is 1. The summed E-state index contributed by atoms with van der Waals surface area (Å²) in [5.74, 6) is -0.251. The van der Waals surface area contributed by atoms with Crippen LogP contribution in [0.2, 0.25) is 0 Å². The Labute approximate surface area is 117 Å². The van der Waals surface area contributed by atoms with Crippen LogP contribution >= 0.6 is 0 Å². The summed E-state index contributed by atoms with van der Waals surface area (Å²) in [6, 6.07) is 4.87. The van der Waals surface area contributed by atoms with Gasteiger partial charge in [0.15, 0.2) is 0 Å². The Hall–Kier alpha value is -1.95. The van der Waals surface area contributed by atoms with E-state index in [1.54, 1.807) is 19.1 Å². The second kappa shape index (κ2) is 6.47. The number of rotatable bonds is 4. The van der Waals surface area contributed by atoms with Crippen molar-refractivity contribution in [1.29, 1.82) is 0 Å². The fraction of sp³-hybridized carbons (Fsp3) is 0.500. The number of hydrogen-bond acceptors (Lipinski definition) is 4. The maximum atomic E-state index is 12.1. The van der Waals surface area contributed by atoms with Crippen LogP contribution in [0.15, 0.2) is 18.2 Å². The third-order valence-corrected chi connectivity index (χ3v) is 3.67. The molecule has 2 N–H and O–H groups in total. The number of nitrogens with zero attached hydrogens (tertiary/aromatic N) is 1. The van der Waals surface area contributed by atoms with Crippen LogP contribution in [-0.2, 0) is 0 Å². The Morgan fingerprint density at radius 1 is 1.50 bits per heavy atom. The smallest absolute Gasteiger partial charge is 0.273 e. The Balaban J connectivity index is 2.01. The monoisotopic (exact) mass is 277 g/mol. The van der Waals surface area contributed by atoms with E-state index >= 15 is 0 Å². The number of nitro benzene ring substituents is 1. The number of nitro groups is 1. The van der Waals surface area contributed by atoms with Crippen LogP contribution in [-0.4, -0.2) is 30.0 Å². The van der Waals surface area contributed by atoms with Gasteiger partial charge in [0.25, 0.3) is 11.6 Å². The largest absolute Gasteiger partial charge is 0.350 e. The summed E-state index contributed by atoms with van der Waals surface area (Å²) < 4.78 is 0. The van der Waals surface area contributed by atoms with Crippen LogP contribution in [0.5, 0.6) is 0 Å². The molecule has 1 amide bonds. The van der Waals surface area contributed by atoms with Crippen LogP contribution < -0.4 is 10.6 Å². The zero-order valence-corrected chi connectivity index (χ0v) is 11.5. The van der Waals surface area contributed by atoms with Crippen molar-refractivity contribution in [1.82, 2.24) is 10.6 Å². The van der Waals surface area contributed by atoms with E-state index in [1.165, 1.54) is 18.9 Å². The molecule has 1 heterocycles. The van der Waals surface area contributed by atoms with Crippen LogP contribution in [0, 0.1) is 17.0 Å². The van der Waals surface area contributed by atoms with Crippen molar-refractivity contribution in [2.24, 2.45) is 0 Å². The summed E-state index contributed by atoms with van der Waals surface area (Å²) in [5, 5.41) is 17.1. The molecule has 1 atom stereocenters. The van der Waals surface area contributed by atoms with Gasteiger partial charge in [0.1, 0.15) is 0 Å². The molecule has 6 heteroatoms. The van der Waals surface area contributed by atoms with E-state index in [2.05, 4.69) is 10.6 Å². The Kier molecular flexibility index (Phi) is 4.68. The molecule has 0 aromatic heterocycles. The minimum atomic E-state index is -0.463. The number of hydrogen-bond donors (Lipinski definition) is 2. The lowest BCUT2D eigenvalue weighted by atomic mass is 10.0. The molecule has 1 aromatic rings. The second-order valence-electron chi connectivity index (χ2n) is 5.06. The predicted molar refractivity (Wildman–Crippen MR) is 75.8 cm³/mol. The zero-order chi connectivity index (χ0) is 14.5. The summed E-state index contributed by atoms with van der Waals surface area (Å²) in [7, 11) is 0. The highest BCUT2D eigenvalue weighted by Crippen LogP contribution is 2.20. The van der Waals surface area contributed by atoms with Gasteiger partial charge in [0.05, 0.1) is 4.92 Å². The molecule has 2 rings (SSSR count). The lowest BCUT2D eigenvalue weighted by Crippen LogP contribution is -2.43. The van der Waals surface area contributed by atoms with E-state index in [-0.39, 0.29) is 11.6 Å². The van der Waals surface area contributed by atoms with Crippen molar-refractivity contribution in [3.05, 3.63) is 39.4 Å². The molecule has 1 aliphatic heterocycles. The van der Waals surface area contributed by atoms with E-state index in [0.29, 0.717) is 23.7 Å². The lowest BCUT2D eigenvalue weighted by molar-refractivity contribution is -0.385. The van der Waals surface area contributed by atoms with Crippen molar-refractivity contribution in [3.8, 4) is 0 Å². The molecule has 0 aliphatic carbocycles. The van der Waals surface area contributed by atoms with Crippen molar-refractivity contribution in [3.63, 3.8) is 0 Å². The standard InChI is InChI=1S/C14H19N3O3/c1-10-12(6-4-7-13(10)17(19)20)14(18)16-9-11-5-2-3-8-15-11/h4,6-7,11,15H,2-3,5,8-9H2,1H3,(H,16,18). The van der Waals surface area contributed by atoms with Crippen molar-refractivity contribution in [2.75, 3.05) is 13.1 Å². The van der Waals surface area contributed by atoms with Crippen molar-refractivity contribution in [2.45, 2.75) is 32.2 Å². The first-order chi connectivity index (χ1) is 9.59. The molecule has 1 saturated heterocycles. The summed E-state index contributed by atoms with van der Waals surface area (Å²) in [4.78, 5) is 22.5. The summed E-state index contributed by atoms with van der Waals surface area (Å²) >= 11 is 0. The van der Waals surface area contributed by atoms with Gasteiger partial charge >= 0.3 is 0 Å². The highest BCUT2D eigenvalue weighted by Gasteiger charge is 2.19. The number of benzene rings is 1. The van der Waals surface area contributed by atoms with Crippen LogP contribution in [0.1, 0.15) is 35.2 Å². The fourth-order valence-electron chi connectivity index (χ4n) is 2.48. The molecule has 1 unspecified atom stereocenters. The van der Waals surface area contributed by atoms with E-state index in [9.17, 15) is 14.9 Å². The van der Waals surface area contributed by atoms with Crippen LogP contribution in [0.25, 0.3) is 0 Å². The zero-order valence-electron chi connectivity index (χ0n) is 11.5. The molecule has 1 aromatic carbocycles. The number of carbonyl (C=O) groups is 1. The average molecular weight is 277 g/mol. The Bertz CT molecular complexity index is 510. The van der Waals surface area contributed by atoms with E-state index in [4.69, 9.17) is 0 Å². The van der Waals surface area contributed by atoms with Crippen LogP contribution in [0.4, 0.5) is 5.69 Å². The fourth-order valence-corrected chi connectivity index (χ4v) is 2.48. The maximum Gasteiger partial charge on any atom is 0.273 e. The number of nitrogens with one attached hydrogen (secondary N) is 2. The third kappa shape index (κ3) is 3.33. The number of carbonyl (C=O) groups excluding carboxylic acids is 1. The molecule has 108 valence electrons. The highest BCUT2D eigenvalue weighted by molar-refractivity contribution is 5.96. The van der Waals surface area contributed by atoms with Gasteiger partial charge in [-0.15, -0.1) is 0 Å². The van der Waals surface area contributed by atoms with Gasteiger partial charge in [-0.05, 0) is 32.4 Å². The topological polar surface area (TPSA) is 84.3 Å². The third-order valence-electron chi connectivity index (χ3n) is 3.67. The second-order valence-corrected chi connectivity index (χ2v) is 5.06. The van der Waals surface area contributed by atoms with Gasteiger partial charge in [-0.3, -0.25) is 14.9 Å². The maximum absolute atomic E-state index is 12.1. The summed E-state index contributed by atoms with van der Waals surface area (Å²) in [6.45, 7) is 3.14. The van der Waals surface area contributed by atoms with Crippen LogP contribution in [0.3, 0.4) is 0 Å². The molecule has 0 spiro atoms. The SMILES string of the molecule is Cc1c(C(=O)NCC2CCCCN2)cccc1[N+](=O)[O-]. The van der Waals surface area contributed by atoms with Gasteiger partial charge in [-0.2, -0.15) is 0 Å². The van der Waals surface area contributed by atoms with Gasteiger partial charge in [-0.1, -0.05) is 12.5 Å². The van der Waals surface area contributed by atoms with Crippen molar-refractivity contribution >= 4 is 11.6 Å². The first kappa shape index (κ1) is 14.5. The van der Waals surface area contributed by atoms with E-state index in [1.807, 2.05) is 0 Å². The average Bonchev–Trinajstić information content (AvgIpc) is 2.46. The summed E-state index contributed by atoms with van der Waals surface area (Å²) in [6.07, 6.45) is 3.39. The molecule has 20 heavy (non-hydrogen) atoms. The molecule has 0 bridgehead atoms. The Morgan fingerprint density at radius 2 is 2.30 bits per heavy atom. The minimum absolute atomic E-state index is 0.0200. The van der Waals surface area contributed by atoms with Gasteiger partial charge in [-0.25, -0.2) is 0 Å². The van der Waals surface area contributed by atoms with E-state index in [0.717, 1.165) is 13.0 Å². The number of piperidine rings is 1. The quantitative estimate of drug-likeness (QED) is 0.649. The normalized spacial score (nSPS) is 18.6. The molecular weight excluding hydrogens is 258 g/mol. The minimum Gasteiger partial charge on any atom is -0.350 e. The van der Waals surface area contributed by atoms with Crippen molar-refractivity contribution < 1.29 is 9.72 Å². The Morgan fingerprint density at radius 3 is 2.95 bits per heavy atom. The molecular formula is C14H19N3O3. The molecule has 0 saturated carbocycles. The predicted octanol–water partition coefficient (Wildman–Crippen LogP) is 1.78. The molecule has 6 nitrogen and oxygen atoms in total. The highest BCUT2D eigenvalue weighted by atomic mass is 16.6. The van der Waals surface area contributed by atoms with E-state index < -0.39 is 4.92 Å². The first-order valence-corrected chi connectivity index (χ1v) is 6.85. The molecule has 1 aliphatic rings. The van der Waals surface area contributed by atoms with Gasteiger partial charge in [0, 0.05) is 29.8 Å². The van der Waals surface area contributed by atoms with Gasteiger partial charge < -0.3 is 10.6 Å². The van der Waals surface area contributed by atoms with Gasteiger partial charge in [0.2, 0.25) is 0 Å². The molecule has 0 radical (unpaired) electrons. The molecule has 1 fully saturated rings. The lowest BCUT2D eigenvalue weighted by Gasteiger charge is -2.23. The first-order valence-electron chi connectivity index (χ1n) is 6.85. The summed E-state index contributed by atoms with van der Waals surface area (Å²) in [5.41, 5.74) is 0.759.